The highest BCUT2D eigenvalue weighted by atomic mass is 32.2. The maximum absolute atomic E-state index is 12.5. The van der Waals surface area contributed by atoms with Crippen molar-refractivity contribution in [2.24, 2.45) is 0 Å². The Morgan fingerprint density at radius 3 is 2.74 bits per heavy atom. The van der Waals surface area contributed by atoms with Gasteiger partial charge in [0.2, 0.25) is 0 Å². The first kappa shape index (κ1) is 19.3. The molecule has 0 spiro atoms. The van der Waals surface area contributed by atoms with Gasteiger partial charge in [-0.3, -0.25) is 24.6 Å². The average Bonchev–Trinajstić information content (AvgIpc) is 2.89. The molecule has 2 heterocycles. The normalized spacial score (nSPS) is 19.0. The van der Waals surface area contributed by atoms with Gasteiger partial charge in [0.05, 0.1) is 23.0 Å². The van der Waals surface area contributed by atoms with Crippen LogP contribution in [0.3, 0.4) is 0 Å². The predicted molar refractivity (Wildman–Crippen MR) is 104 cm³/mol. The molecule has 3 rings (SSSR count). The molecule has 0 unspecified atom stereocenters. The standard InChI is InChI=1S/C16H15N3O6S2/c20-14(21)9-18-15(22)13(27-16(18)26)8-10-7-11(19(23)24)1-2-12(10)17-3-5-25-6-4-17/h1-2,7-8H,3-6,9H2,(H,20,21)/b13-8+. The molecule has 2 saturated heterocycles. The molecule has 1 amide bonds. The number of carbonyl (C=O) groups is 2. The molecule has 11 heteroatoms. The maximum atomic E-state index is 12.5. The van der Waals surface area contributed by atoms with Gasteiger partial charge in [0.1, 0.15) is 10.9 Å². The Hall–Kier alpha value is -2.50. The van der Waals surface area contributed by atoms with Crippen LogP contribution in [0.2, 0.25) is 0 Å². The monoisotopic (exact) mass is 409 g/mol. The molecule has 2 aliphatic heterocycles. The topological polar surface area (TPSA) is 113 Å². The van der Waals surface area contributed by atoms with Crippen molar-refractivity contribution in [2.75, 3.05) is 37.7 Å². The Labute approximate surface area is 163 Å². The third-order valence-electron chi connectivity index (χ3n) is 4.03. The lowest BCUT2D eigenvalue weighted by molar-refractivity contribution is -0.384. The number of carboxylic acids is 1. The van der Waals surface area contributed by atoms with Crippen molar-refractivity contribution >= 4 is 57.6 Å². The van der Waals surface area contributed by atoms with Crippen LogP contribution in [0.1, 0.15) is 5.56 Å². The van der Waals surface area contributed by atoms with Gasteiger partial charge in [-0.25, -0.2) is 0 Å². The number of morpholine rings is 1. The fourth-order valence-corrected chi connectivity index (χ4v) is 4.02. The number of thiocarbonyl (C=S) groups is 1. The van der Waals surface area contributed by atoms with Crippen LogP contribution in [0.4, 0.5) is 11.4 Å². The molecule has 0 atom stereocenters. The molecule has 0 aromatic heterocycles. The van der Waals surface area contributed by atoms with Gasteiger partial charge in [-0.2, -0.15) is 0 Å². The SMILES string of the molecule is O=C(O)CN1C(=O)/C(=C\c2cc([N+](=O)[O-])ccc2N2CCOCC2)SC1=S. The quantitative estimate of drug-likeness (QED) is 0.336. The lowest BCUT2D eigenvalue weighted by Gasteiger charge is -2.30. The second kappa shape index (κ2) is 8.03. The fourth-order valence-electron chi connectivity index (χ4n) is 2.78. The van der Waals surface area contributed by atoms with Crippen molar-refractivity contribution in [2.45, 2.75) is 0 Å². The summed E-state index contributed by atoms with van der Waals surface area (Å²) in [6.45, 7) is 1.80. The number of nitrogens with zero attached hydrogens (tertiary/aromatic N) is 3. The van der Waals surface area contributed by atoms with E-state index >= 15 is 0 Å². The number of amides is 1. The molecule has 2 aliphatic rings. The summed E-state index contributed by atoms with van der Waals surface area (Å²) in [5.41, 5.74) is 1.15. The Kier molecular flexibility index (Phi) is 5.73. The number of thioether (sulfide) groups is 1. The van der Waals surface area contributed by atoms with Crippen molar-refractivity contribution < 1.29 is 24.4 Å². The first-order valence-corrected chi connectivity index (χ1v) is 9.17. The molecule has 0 saturated carbocycles. The van der Waals surface area contributed by atoms with E-state index in [2.05, 4.69) is 0 Å². The van der Waals surface area contributed by atoms with E-state index in [0.717, 1.165) is 22.3 Å². The molecule has 1 aromatic carbocycles. The highest BCUT2D eigenvalue weighted by molar-refractivity contribution is 8.26. The van der Waals surface area contributed by atoms with Gasteiger partial charge >= 0.3 is 5.97 Å². The highest BCUT2D eigenvalue weighted by Gasteiger charge is 2.33. The van der Waals surface area contributed by atoms with Gasteiger partial charge in [0.25, 0.3) is 11.6 Å². The van der Waals surface area contributed by atoms with Crippen LogP contribution in [-0.4, -0.2) is 64.0 Å². The number of hydrogen-bond acceptors (Lipinski definition) is 8. The van der Waals surface area contributed by atoms with Crippen molar-refractivity contribution in [1.82, 2.24) is 4.90 Å². The van der Waals surface area contributed by atoms with Crippen LogP contribution >= 0.6 is 24.0 Å². The number of ether oxygens (including phenoxy) is 1. The molecule has 0 radical (unpaired) electrons. The van der Waals surface area contributed by atoms with Gasteiger partial charge in [-0.1, -0.05) is 24.0 Å². The number of carboxylic acid groups (broad SMARTS) is 1. The van der Waals surface area contributed by atoms with Crippen LogP contribution in [-0.2, 0) is 14.3 Å². The van der Waals surface area contributed by atoms with Gasteiger partial charge in [0.15, 0.2) is 0 Å². The summed E-state index contributed by atoms with van der Waals surface area (Å²) in [6, 6.07) is 4.46. The molecular weight excluding hydrogens is 394 g/mol. The molecule has 9 nitrogen and oxygen atoms in total. The molecule has 1 aromatic rings. The molecule has 142 valence electrons. The van der Waals surface area contributed by atoms with Crippen LogP contribution < -0.4 is 4.90 Å². The van der Waals surface area contributed by atoms with E-state index in [-0.39, 0.29) is 14.9 Å². The average molecular weight is 409 g/mol. The van der Waals surface area contributed by atoms with E-state index < -0.39 is 23.3 Å². The summed E-state index contributed by atoms with van der Waals surface area (Å²) in [5, 5.41) is 20.1. The van der Waals surface area contributed by atoms with Crippen molar-refractivity contribution in [3.05, 3.63) is 38.8 Å². The third kappa shape index (κ3) is 4.26. The summed E-state index contributed by atoms with van der Waals surface area (Å²) in [5.74, 6) is -1.69. The largest absolute Gasteiger partial charge is 0.480 e. The zero-order valence-electron chi connectivity index (χ0n) is 14.0. The summed E-state index contributed by atoms with van der Waals surface area (Å²) in [4.78, 5) is 37.3. The summed E-state index contributed by atoms with van der Waals surface area (Å²) >= 11 is 6.06. The molecule has 2 fully saturated rings. The molecule has 27 heavy (non-hydrogen) atoms. The zero-order valence-corrected chi connectivity index (χ0v) is 15.6. The number of rotatable bonds is 5. The molecule has 1 N–H and O–H groups in total. The number of benzene rings is 1. The number of hydrogen-bond donors (Lipinski definition) is 1. The van der Waals surface area contributed by atoms with Gasteiger partial charge in [-0.15, -0.1) is 0 Å². The Balaban J connectivity index is 1.98. The number of carbonyl (C=O) groups excluding carboxylic acids is 1. The number of aliphatic carboxylic acids is 1. The van der Waals surface area contributed by atoms with Crippen LogP contribution in [0.5, 0.6) is 0 Å². The minimum atomic E-state index is -1.17. The van der Waals surface area contributed by atoms with E-state index in [9.17, 15) is 19.7 Å². The molecule has 0 aliphatic carbocycles. The number of non-ortho nitro benzene ring substituents is 1. The Morgan fingerprint density at radius 2 is 2.11 bits per heavy atom. The predicted octanol–water partition coefficient (Wildman–Crippen LogP) is 1.72. The van der Waals surface area contributed by atoms with Gasteiger partial charge in [-0.05, 0) is 12.1 Å². The van der Waals surface area contributed by atoms with Crippen LogP contribution in [0.25, 0.3) is 6.08 Å². The van der Waals surface area contributed by atoms with Gasteiger partial charge < -0.3 is 14.7 Å². The Bertz CT molecular complexity index is 851. The van der Waals surface area contributed by atoms with E-state index in [1.807, 2.05) is 4.90 Å². The second-order valence-corrected chi connectivity index (χ2v) is 7.44. The zero-order chi connectivity index (χ0) is 19.6. The smallest absolute Gasteiger partial charge is 0.323 e. The van der Waals surface area contributed by atoms with Crippen molar-refractivity contribution in [1.29, 1.82) is 0 Å². The van der Waals surface area contributed by atoms with Crippen molar-refractivity contribution in [3.8, 4) is 0 Å². The van der Waals surface area contributed by atoms with E-state index in [1.165, 1.54) is 18.2 Å². The first-order chi connectivity index (χ1) is 12.9. The first-order valence-electron chi connectivity index (χ1n) is 7.95. The maximum Gasteiger partial charge on any atom is 0.323 e. The summed E-state index contributed by atoms with van der Waals surface area (Å²) < 4.78 is 5.48. The lowest BCUT2D eigenvalue weighted by atomic mass is 10.1. The summed E-state index contributed by atoms with van der Waals surface area (Å²) in [6.07, 6.45) is 1.53. The summed E-state index contributed by atoms with van der Waals surface area (Å²) in [7, 11) is 0. The number of nitro benzene ring substituents is 1. The minimum Gasteiger partial charge on any atom is -0.480 e. The fraction of sp³-hybridized carbons (Fsp3) is 0.312. The molecule has 0 bridgehead atoms. The van der Waals surface area contributed by atoms with E-state index in [0.29, 0.717) is 31.9 Å². The highest BCUT2D eigenvalue weighted by Crippen LogP contribution is 2.35. The second-order valence-electron chi connectivity index (χ2n) is 5.76. The number of anilines is 1. The lowest BCUT2D eigenvalue weighted by Crippen LogP contribution is -2.36. The molecular formula is C16H15N3O6S2. The van der Waals surface area contributed by atoms with E-state index in [1.54, 1.807) is 6.07 Å². The number of nitro groups is 1. The Morgan fingerprint density at radius 1 is 1.41 bits per heavy atom. The minimum absolute atomic E-state index is 0.0979. The van der Waals surface area contributed by atoms with Crippen LogP contribution in [0, 0.1) is 10.1 Å². The van der Waals surface area contributed by atoms with Crippen molar-refractivity contribution in [3.63, 3.8) is 0 Å². The van der Waals surface area contributed by atoms with E-state index in [4.69, 9.17) is 22.1 Å². The van der Waals surface area contributed by atoms with Gasteiger partial charge in [0, 0.05) is 36.5 Å². The third-order valence-corrected chi connectivity index (χ3v) is 5.41. The van der Waals surface area contributed by atoms with Crippen LogP contribution in [0.15, 0.2) is 23.1 Å².